The third kappa shape index (κ3) is 1.16. The molecule has 1 spiro atoms. The van der Waals surface area contributed by atoms with E-state index in [-0.39, 0.29) is 11.5 Å². The number of hydrogen-bond donors (Lipinski definition) is 1. The minimum atomic E-state index is -2.09. The van der Waals surface area contributed by atoms with Crippen LogP contribution in [-0.2, 0) is 10.2 Å². The lowest BCUT2D eigenvalue weighted by molar-refractivity contribution is 0.0248. The Bertz CT molecular complexity index is 425. The van der Waals surface area contributed by atoms with Gasteiger partial charge in [0.1, 0.15) is 0 Å². The minimum absolute atomic E-state index is 0.108. The number of ether oxygens (including phenoxy) is 1. The molecule has 1 aromatic rings. The van der Waals surface area contributed by atoms with Gasteiger partial charge in [-0.15, -0.1) is 11.3 Å². The van der Waals surface area contributed by atoms with Crippen LogP contribution in [0, 0.1) is 0 Å². The highest BCUT2D eigenvalue weighted by Crippen LogP contribution is 2.55. The standard InChI is InChI=1S/C11H15NOS/c1-12-6-9-8-2-5-14-10(8)11(3-4-11)7-13-9/h2,5,9,12H,3-4,6-7H2,1H3/t9-/m1/s1/i1D3. The fourth-order valence-electron chi connectivity index (χ4n) is 2.20. The van der Waals surface area contributed by atoms with Gasteiger partial charge in [0.25, 0.3) is 0 Å². The summed E-state index contributed by atoms with van der Waals surface area (Å²) < 4.78 is 27.3. The highest BCUT2D eigenvalue weighted by molar-refractivity contribution is 7.10. The van der Waals surface area contributed by atoms with Crippen molar-refractivity contribution in [2.45, 2.75) is 24.4 Å². The molecule has 1 aliphatic heterocycles. The zero-order valence-electron chi connectivity index (χ0n) is 10.9. The molecular weight excluding hydrogens is 194 g/mol. The lowest BCUT2D eigenvalue weighted by Crippen LogP contribution is -2.29. The molecule has 2 heterocycles. The number of fused-ring (bicyclic) bond motifs is 2. The summed E-state index contributed by atoms with van der Waals surface area (Å²) in [7, 11) is 0. The molecule has 0 radical (unpaired) electrons. The van der Waals surface area contributed by atoms with E-state index in [2.05, 4.69) is 16.8 Å². The van der Waals surface area contributed by atoms with E-state index < -0.39 is 6.98 Å². The van der Waals surface area contributed by atoms with Gasteiger partial charge in [-0.3, -0.25) is 0 Å². The first-order valence-electron chi connectivity index (χ1n) is 6.45. The molecular formula is C11H15NOS. The first kappa shape index (κ1) is 6.26. The molecule has 3 rings (SSSR count). The van der Waals surface area contributed by atoms with Crippen molar-refractivity contribution in [2.75, 3.05) is 20.1 Å². The lowest BCUT2D eigenvalue weighted by Gasteiger charge is -2.29. The average Bonchev–Trinajstić information content (AvgIpc) is 2.84. The number of nitrogens with one attached hydrogen (secondary N) is 1. The first-order chi connectivity index (χ1) is 8.00. The predicted octanol–water partition coefficient (Wildman–Crippen LogP) is 2.07. The topological polar surface area (TPSA) is 21.3 Å². The zero-order chi connectivity index (χ0) is 12.1. The van der Waals surface area contributed by atoms with E-state index in [1.165, 1.54) is 23.3 Å². The summed E-state index contributed by atoms with van der Waals surface area (Å²) in [6.45, 7) is -0.988. The van der Waals surface area contributed by atoms with Gasteiger partial charge < -0.3 is 10.1 Å². The average molecular weight is 212 g/mol. The molecule has 2 aliphatic rings. The smallest absolute Gasteiger partial charge is 0.0960 e. The second-order valence-electron chi connectivity index (χ2n) is 4.17. The molecule has 3 heteroatoms. The summed E-state index contributed by atoms with van der Waals surface area (Å²) in [4.78, 5) is 1.42. The number of thiophene rings is 1. The fourth-order valence-corrected chi connectivity index (χ4v) is 3.40. The Morgan fingerprint density at radius 1 is 1.79 bits per heavy atom. The quantitative estimate of drug-likeness (QED) is 0.810. The lowest BCUT2D eigenvalue weighted by atomic mass is 9.96. The molecule has 0 saturated heterocycles. The van der Waals surface area contributed by atoms with Crippen molar-refractivity contribution in [3.63, 3.8) is 0 Å². The molecule has 0 unspecified atom stereocenters. The minimum Gasteiger partial charge on any atom is -0.371 e. The van der Waals surface area contributed by atoms with Gasteiger partial charge in [-0.25, -0.2) is 0 Å². The largest absolute Gasteiger partial charge is 0.371 e. The van der Waals surface area contributed by atoms with E-state index in [1.807, 2.05) is 0 Å². The van der Waals surface area contributed by atoms with Gasteiger partial charge in [0.2, 0.25) is 0 Å². The van der Waals surface area contributed by atoms with Crippen LogP contribution in [0.5, 0.6) is 0 Å². The predicted molar refractivity (Wildman–Crippen MR) is 57.9 cm³/mol. The molecule has 14 heavy (non-hydrogen) atoms. The molecule has 1 atom stereocenters. The molecule has 76 valence electrons. The third-order valence-corrected chi connectivity index (χ3v) is 4.40. The van der Waals surface area contributed by atoms with Gasteiger partial charge in [0.15, 0.2) is 0 Å². The van der Waals surface area contributed by atoms with Gasteiger partial charge in [-0.2, -0.15) is 0 Å². The van der Waals surface area contributed by atoms with Crippen LogP contribution in [0.2, 0.25) is 0 Å². The van der Waals surface area contributed by atoms with Crippen molar-refractivity contribution < 1.29 is 8.85 Å². The molecule has 0 bridgehead atoms. The summed E-state index contributed by atoms with van der Waals surface area (Å²) in [6, 6.07) is 2.07. The molecule has 1 saturated carbocycles. The molecule has 1 N–H and O–H groups in total. The van der Waals surface area contributed by atoms with E-state index in [4.69, 9.17) is 8.85 Å². The Morgan fingerprint density at radius 3 is 3.50 bits per heavy atom. The zero-order valence-corrected chi connectivity index (χ0v) is 8.69. The Balaban J connectivity index is 1.76. The molecule has 1 aliphatic carbocycles. The summed E-state index contributed by atoms with van der Waals surface area (Å²) in [5.41, 5.74) is 1.47. The summed E-state index contributed by atoms with van der Waals surface area (Å²) in [6.07, 6.45) is 2.31. The Morgan fingerprint density at radius 2 is 2.71 bits per heavy atom. The number of hydrogen-bond acceptors (Lipinski definition) is 3. The summed E-state index contributed by atoms with van der Waals surface area (Å²) in [5.74, 6) is 0. The van der Waals surface area contributed by atoms with Crippen LogP contribution < -0.4 is 5.32 Å². The van der Waals surface area contributed by atoms with E-state index in [9.17, 15) is 0 Å². The Kier molecular flexibility index (Phi) is 1.36. The van der Waals surface area contributed by atoms with Crippen LogP contribution in [0.15, 0.2) is 11.4 Å². The second kappa shape index (κ2) is 3.05. The van der Waals surface area contributed by atoms with Crippen LogP contribution in [-0.4, -0.2) is 20.1 Å². The van der Waals surface area contributed by atoms with Gasteiger partial charge in [0.05, 0.1) is 12.7 Å². The highest BCUT2D eigenvalue weighted by atomic mass is 32.1. The SMILES string of the molecule is [2H]C([2H])([2H])NC[C@H]1OCC2(CC2)c2sccc21. The van der Waals surface area contributed by atoms with Crippen molar-refractivity contribution in [1.29, 1.82) is 0 Å². The van der Waals surface area contributed by atoms with Gasteiger partial charge in [-0.05, 0) is 36.8 Å². The van der Waals surface area contributed by atoms with Crippen molar-refractivity contribution in [3.8, 4) is 0 Å². The highest BCUT2D eigenvalue weighted by Gasteiger charge is 2.50. The molecule has 0 amide bonds. The molecule has 1 fully saturated rings. The van der Waals surface area contributed by atoms with E-state index in [0.29, 0.717) is 6.54 Å². The maximum atomic E-state index is 7.16. The monoisotopic (exact) mass is 212 g/mol. The first-order valence-corrected chi connectivity index (χ1v) is 5.83. The van der Waals surface area contributed by atoms with E-state index >= 15 is 0 Å². The van der Waals surface area contributed by atoms with Gasteiger partial charge >= 0.3 is 0 Å². The van der Waals surface area contributed by atoms with E-state index in [0.717, 1.165) is 6.61 Å². The maximum Gasteiger partial charge on any atom is 0.0960 e. The maximum absolute atomic E-state index is 7.16. The van der Waals surface area contributed by atoms with Crippen LogP contribution in [0.4, 0.5) is 0 Å². The van der Waals surface area contributed by atoms with Crippen LogP contribution in [0.25, 0.3) is 0 Å². The Labute approximate surface area is 92.5 Å². The van der Waals surface area contributed by atoms with E-state index in [1.54, 1.807) is 11.3 Å². The van der Waals surface area contributed by atoms with Crippen molar-refractivity contribution in [2.24, 2.45) is 0 Å². The van der Waals surface area contributed by atoms with Crippen molar-refractivity contribution >= 4 is 11.3 Å². The number of rotatable bonds is 2. The van der Waals surface area contributed by atoms with Crippen molar-refractivity contribution in [3.05, 3.63) is 21.9 Å². The van der Waals surface area contributed by atoms with Crippen LogP contribution in [0.3, 0.4) is 0 Å². The van der Waals surface area contributed by atoms with Crippen LogP contribution in [0.1, 0.15) is 33.5 Å². The summed E-state index contributed by atoms with van der Waals surface area (Å²) in [5, 5.41) is 4.63. The molecule has 1 aromatic heterocycles. The number of likely N-dealkylation sites (N-methyl/N-ethyl adjacent to an activating group) is 1. The van der Waals surface area contributed by atoms with Crippen LogP contribution >= 0.6 is 11.3 Å². The van der Waals surface area contributed by atoms with Gasteiger partial charge in [-0.1, -0.05) is 0 Å². The third-order valence-electron chi connectivity index (χ3n) is 3.23. The normalized spacial score (nSPS) is 31.7. The molecule has 0 aromatic carbocycles. The van der Waals surface area contributed by atoms with Crippen molar-refractivity contribution in [1.82, 2.24) is 5.32 Å². The second-order valence-corrected chi connectivity index (χ2v) is 5.08. The summed E-state index contributed by atoms with van der Waals surface area (Å²) >= 11 is 1.78. The van der Waals surface area contributed by atoms with Gasteiger partial charge in [0, 0.05) is 20.9 Å². The Hall–Kier alpha value is -0.380. The molecule has 2 nitrogen and oxygen atoms in total. The fraction of sp³-hybridized carbons (Fsp3) is 0.636.